The molecule has 6 heteroatoms. The van der Waals surface area contributed by atoms with Gasteiger partial charge in [0.25, 0.3) is 0 Å². The van der Waals surface area contributed by atoms with Crippen molar-refractivity contribution in [2.45, 2.75) is 19.6 Å². The monoisotopic (exact) mass is 241 g/mol. The van der Waals surface area contributed by atoms with Crippen LogP contribution in [-0.4, -0.2) is 14.8 Å². The lowest BCUT2D eigenvalue weighted by atomic mass is 10.1. The van der Waals surface area contributed by atoms with Crippen molar-refractivity contribution in [3.8, 4) is 0 Å². The lowest BCUT2D eigenvalue weighted by molar-refractivity contribution is -0.138. The summed E-state index contributed by atoms with van der Waals surface area (Å²) in [5, 5.41) is 3.97. The van der Waals surface area contributed by atoms with Crippen molar-refractivity contribution in [2.75, 3.05) is 0 Å². The minimum Gasteiger partial charge on any atom is -0.248 e. The molecule has 2 aromatic rings. The van der Waals surface area contributed by atoms with Crippen LogP contribution in [0.5, 0.6) is 0 Å². The first kappa shape index (κ1) is 11.6. The topological polar surface area (TPSA) is 30.7 Å². The number of aromatic nitrogens is 3. The van der Waals surface area contributed by atoms with Crippen molar-refractivity contribution in [2.24, 2.45) is 0 Å². The van der Waals surface area contributed by atoms with Crippen LogP contribution in [-0.2, 0) is 12.7 Å². The lowest BCUT2D eigenvalue weighted by Gasteiger charge is -2.12. The molecule has 0 N–H and O–H groups in total. The normalized spacial score (nSPS) is 11.8. The molecule has 0 aliphatic rings. The van der Waals surface area contributed by atoms with Gasteiger partial charge in [0.2, 0.25) is 0 Å². The molecule has 0 saturated carbocycles. The van der Waals surface area contributed by atoms with Crippen molar-refractivity contribution < 1.29 is 13.2 Å². The molecule has 1 heterocycles. The molecule has 90 valence electrons. The van der Waals surface area contributed by atoms with Gasteiger partial charge in [0.05, 0.1) is 12.1 Å². The van der Waals surface area contributed by atoms with Crippen LogP contribution >= 0.6 is 0 Å². The molecule has 1 aromatic carbocycles. The third kappa shape index (κ3) is 2.64. The van der Waals surface area contributed by atoms with Crippen LogP contribution in [0.1, 0.15) is 17.0 Å². The summed E-state index contributed by atoms with van der Waals surface area (Å²) in [6.45, 7) is 1.75. The van der Waals surface area contributed by atoms with Gasteiger partial charge < -0.3 is 0 Å². The molecule has 1 aromatic heterocycles. The van der Waals surface area contributed by atoms with Crippen LogP contribution < -0.4 is 0 Å². The molecular weight excluding hydrogens is 231 g/mol. The Kier molecular flexibility index (Phi) is 2.87. The summed E-state index contributed by atoms with van der Waals surface area (Å²) in [5.74, 6) is 0.537. The summed E-state index contributed by atoms with van der Waals surface area (Å²) in [6, 6.07) is 5.46. The summed E-state index contributed by atoms with van der Waals surface area (Å²) in [4.78, 5) is 3.88. The Balaban J connectivity index is 2.33. The van der Waals surface area contributed by atoms with E-state index in [4.69, 9.17) is 0 Å². The molecular formula is C11H10F3N3. The third-order valence-corrected chi connectivity index (χ3v) is 2.31. The van der Waals surface area contributed by atoms with Crippen LogP contribution in [0, 0.1) is 6.92 Å². The van der Waals surface area contributed by atoms with Gasteiger partial charge in [0, 0.05) is 0 Å². The number of hydrogen-bond acceptors (Lipinski definition) is 2. The van der Waals surface area contributed by atoms with Gasteiger partial charge >= 0.3 is 6.18 Å². The van der Waals surface area contributed by atoms with E-state index in [9.17, 15) is 13.2 Å². The average molecular weight is 241 g/mol. The first-order chi connectivity index (χ1) is 7.97. The Hall–Kier alpha value is -1.85. The standard InChI is InChI=1S/C11H10F3N3/c1-8-15-7-17(16-8)6-9-4-2-3-5-10(9)11(12,13)14/h2-5,7H,6H2,1H3. The Bertz CT molecular complexity index is 517. The fraction of sp³-hybridized carbons (Fsp3) is 0.273. The predicted octanol–water partition coefficient (Wildman–Crippen LogP) is 2.65. The molecule has 0 saturated heterocycles. The van der Waals surface area contributed by atoms with Gasteiger partial charge in [0.1, 0.15) is 12.2 Å². The largest absolute Gasteiger partial charge is 0.416 e. The fourth-order valence-electron chi connectivity index (χ4n) is 1.57. The zero-order valence-corrected chi connectivity index (χ0v) is 9.07. The number of halogens is 3. The van der Waals surface area contributed by atoms with Gasteiger partial charge in [-0.15, -0.1) is 0 Å². The summed E-state index contributed by atoms with van der Waals surface area (Å²) in [5.41, 5.74) is -0.446. The van der Waals surface area contributed by atoms with E-state index in [2.05, 4.69) is 10.1 Å². The van der Waals surface area contributed by atoms with Crippen LogP contribution in [0.15, 0.2) is 30.6 Å². The molecule has 0 unspecified atom stereocenters. The highest BCUT2D eigenvalue weighted by Gasteiger charge is 2.32. The Morgan fingerprint density at radius 3 is 2.53 bits per heavy atom. The number of alkyl halides is 3. The summed E-state index contributed by atoms with van der Waals surface area (Å²) in [6.07, 6.45) is -2.92. The van der Waals surface area contributed by atoms with Gasteiger partial charge in [-0.3, -0.25) is 0 Å². The van der Waals surface area contributed by atoms with Crippen molar-refractivity contribution in [1.82, 2.24) is 14.8 Å². The van der Waals surface area contributed by atoms with Gasteiger partial charge in [-0.25, -0.2) is 9.67 Å². The van der Waals surface area contributed by atoms with E-state index < -0.39 is 11.7 Å². The van der Waals surface area contributed by atoms with Gasteiger partial charge in [-0.2, -0.15) is 18.3 Å². The first-order valence-corrected chi connectivity index (χ1v) is 4.98. The SMILES string of the molecule is Cc1ncn(Cc2ccccc2C(F)(F)F)n1. The van der Waals surface area contributed by atoms with Crippen molar-refractivity contribution in [3.05, 3.63) is 47.5 Å². The lowest BCUT2D eigenvalue weighted by Crippen LogP contribution is -2.11. The van der Waals surface area contributed by atoms with Crippen molar-refractivity contribution in [1.29, 1.82) is 0 Å². The molecule has 17 heavy (non-hydrogen) atoms. The van der Waals surface area contributed by atoms with Crippen LogP contribution in [0.2, 0.25) is 0 Å². The molecule has 0 aliphatic heterocycles. The smallest absolute Gasteiger partial charge is 0.248 e. The highest BCUT2D eigenvalue weighted by Crippen LogP contribution is 2.31. The summed E-state index contributed by atoms with van der Waals surface area (Å²) >= 11 is 0. The molecule has 0 bridgehead atoms. The molecule has 0 fully saturated rings. The van der Waals surface area contributed by atoms with E-state index >= 15 is 0 Å². The maximum absolute atomic E-state index is 12.7. The molecule has 0 radical (unpaired) electrons. The van der Waals surface area contributed by atoms with E-state index in [-0.39, 0.29) is 12.1 Å². The number of nitrogens with zero attached hydrogens (tertiary/aromatic N) is 3. The molecule has 0 amide bonds. The molecule has 0 atom stereocenters. The van der Waals surface area contributed by atoms with Crippen LogP contribution in [0.4, 0.5) is 13.2 Å². The predicted molar refractivity (Wildman–Crippen MR) is 55.3 cm³/mol. The van der Waals surface area contributed by atoms with E-state index in [1.165, 1.54) is 23.1 Å². The van der Waals surface area contributed by atoms with Crippen molar-refractivity contribution >= 4 is 0 Å². The average Bonchev–Trinajstić information content (AvgIpc) is 2.63. The second-order valence-corrected chi connectivity index (χ2v) is 3.64. The molecule has 3 nitrogen and oxygen atoms in total. The van der Waals surface area contributed by atoms with E-state index in [1.807, 2.05) is 0 Å². The Labute approximate surface area is 95.9 Å². The molecule has 0 aliphatic carbocycles. The highest BCUT2D eigenvalue weighted by molar-refractivity contribution is 5.29. The highest BCUT2D eigenvalue weighted by atomic mass is 19.4. The fourth-order valence-corrected chi connectivity index (χ4v) is 1.57. The third-order valence-electron chi connectivity index (χ3n) is 2.31. The quantitative estimate of drug-likeness (QED) is 0.809. The molecule has 2 rings (SSSR count). The van der Waals surface area contributed by atoms with E-state index in [0.29, 0.717) is 5.82 Å². The Morgan fingerprint density at radius 2 is 1.94 bits per heavy atom. The number of benzene rings is 1. The number of aryl methyl sites for hydroxylation is 1. The van der Waals surface area contributed by atoms with Crippen molar-refractivity contribution in [3.63, 3.8) is 0 Å². The molecule has 0 spiro atoms. The van der Waals surface area contributed by atoms with Gasteiger partial charge in [0.15, 0.2) is 0 Å². The maximum Gasteiger partial charge on any atom is 0.416 e. The van der Waals surface area contributed by atoms with Gasteiger partial charge in [-0.05, 0) is 18.6 Å². The first-order valence-electron chi connectivity index (χ1n) is 4.98. The summed E-state index contributed by atoms with van der Waals surface area (Å²) in [7, 11) is 0. The van der Waals surface area contributed by atoms with Gasteiger partial charge in [-0.1, -0.05) is 18.2 Å². The minimum absolute atomic E-state index is 0.0660. The summed E-state index contributed by atoms with van der Waals surface area (Å²) < 4.78 is 39.5. The Morgan fingerprint density at radius 1 is 1.24 bits per heavy atom. The van der Waals surface area contributed by atoms with E-state index in [0.717, 1.165) is 6.07 Å². The van der Waals surface area contributed by atoms with Crippen LogP contribution in [0.3, 0.4) is 0 Å². The second-order valence-electron chi connectivity index (χ2n) is 3.64. The maximum atomic E-state index is 12.7. The second kappa shape index (κ2) is 4.20. The number of rotatable bonds is 2. The minimum atomic E-state index is -4.34. The van der Waals surface area contributed by atoms with Crippen LogP contribution in [0.25, 0.3) is 0 Å². The zero-order valence-electron chi connectivity index (χ0n) is 9.07. The van der Waals surface area contributed by atoms with E-state index in [1.54, 1.807) is 13.0 Å². The number of hydrogen-bond donors (Lipinski definition) is 0. The zero-order chi connectivity index (χ0) is 12.5.